The molecule has 0 bridgehead atoms. The molecular formula is C33H56O4. The molecule has 4 nitrogen and oxygen atoms in total. The molecule has 0 unspecified atom stereocenters. The molecule has 212 valence electrons. The number of benzene rings is 1. The van der Waals surface area contributed by atoms with Crippen molar-refractivity contribution in [3.63, 3.8) is 0 Å². The van der Waals surface area contributed by atoms with Crippen LogP contribution in [0.4, 0.5) is 0 Å². The van der Waals surface area contributed by atoms with E-state index in [2.05, 4.69) is 6.92 Å². The second kappa shape index (κ2) is 20.2. The molecule has 1 aromatic rings. The molecule has 0 aliphatic rings. The van der Waals surface area contributed by atoms with Crippen LogP contribution in [0.15, 0.2) is 18.2 Å². The van der Waals surface area contributed by atoms with Crippen LogP contribution in [0.25, 0.3) is 0 Å². The van der Waals surface area contributed by atoms with Crippen molar-refractivity contribution in [2.24, 2.45) is 5.41 Å². The van der Waals surface area contributed by atoms with Crippen LogP contribution in [0.5, 0.6) is 5.75 Å². The van der Waals surface area contributed by atoms with Crippen LogP contribution in [0.2, 0.25) is 0 Å². The summed E-state index contributed by atoms with van der Waals surface area (Å²) >= 11 is 0. The molecule has 0 spiro atoms. The van der Waals surface area contributed by atoms with Crippen molar-refractivity contribution in [3.8, 4) is 5.75 Å². The lowest BCUT2D eigenvalue weighted by molar-refractivity contribution is -0.168. The van der Waals surface area contributed by atoms with Gasteiger partial charge in [0.2, 0.25) is 0 Å². The van der Waals surface area contributed by atoms with Gasteiger partial charge in [-0.3, -0.25) is 9.59 Å². The molecule has 0 saturated carbocycles. The van der Waals surface area contributed by atoms with Crippen LogP contribution in [0, 0.1) is 19.3 Å². The number of carbonyl (C=O) groups is 2. The van der Waals surface area contributed by atoms with Crippen LogP contribution in [-0.4, -0.2) is 18.5 Å². The first-order valence-corrected chi connectivity index (χ1v) is 15.4. The van der Waals surface area contributed by atoms with Crippen molar-refractivity contribution in [2.45, 2.75) is 150 Å². The molecule has 0 amide bonds. The number of aryl methyl sites for hydroxylation is 1. The lowest BCUT2D eigenvalue weighted by atomic mass is 9.82. The van der Waals surface area contributed by atoms with Crippen LogP contribution in [0.3, 0.4) is 0 Å². The lowest BCUT2D eigenvalue weighted by Crippen LogP contribution is -2.42. The molecule has 0 atom stereocenters. The summed E-state index contributed by atoms with van der Waals surface area (Å²) in [6, 6.07) is 5.62. The lowest BCUT2D eigenvalue weighted by Gasteiger charge is -2.27. The Morgan fingerprint density at radius 3 is 1.57 bits per heavy atom. The van der Waals surface area contributed by atoms with Gasteiger partial charge in [0.25, 0.3) is 0 Å². The average molecular weight is 517 g/mol. The minimum Gasteiger partial charge on any atom is -0.465 e. The quantitative estimate of drug-likeness (QED) is 0.0666. The Morgan fingerprint density at radius 1 is 0.649 bits per heavy atom. The van der Waals surface area contributed by atoms with Crippen molar-refractivity contribution < 1.29 is 19.1 Å². The number of hydrogen-bond donors (Lipinski definition) is 0. The van der Waals surface area contributed by atoms with E-state index in [-0.39, 0.29) is 0 Å². The Kier molecular flexibility index (Phi) is 18.1. The Bertz CT molecular complexity index is 751. The molecule has 0 N–H and O–H groups in total. The number of hydrogen-bond acceptors (Lipinski definition) is 4. The minimum atomic E-state index is -1.24. The zero-order valence-electron chi connectivity index (χ0n) is 24.8. The van der Waals surface area contributed by atoms with Gasteiger partial charge in [-0.2, -0.15) is 0 Å². The van der Waals surface area contributed by atoms with Gasteiger partial charge in [-0.25, -0.2) is 0 Å². The van der Waals surface area contributed by atoms with E-state index in [1.165, 1.54) is 89.9 Å². The molecule has 0 saturated heterocycles. The third kappa shape index (κ3) is 12.5. The van der Waals surface area contributed by atoms with Gasteiger partial charge in [0.15, 0.2) is 5.41 Å². The Morgan fingerprint density at radius 2 is 1.11 bits per heavy atom. The summed E-state index contributed by atoms with van der Waals surface area (Å²) < 4.78 is 11.3. The Balaban J connectivity index is 2.16. The van der Waals surface area contributed by atoms with Crippen molar-refractivity contribution in [2.75, 3.05) is 6.61 Å². The first-order valence-electron chi connectivity index (χ1n) is 15.4. The van der Waals surface area contributed by atoms with Crippen LogP contribution < -0.4 is 4.74 Å². The highest BCUT2D eigenvalue weighted by Crippen LogP contribution is 2.32. The van der Waals surface area contributed by atoms with E-state index in [0.717, 1.165) is 24.0 Å². The fourth-order valence-corrected chi connectivity index (χ4v) is 4.90. The van der Waals surface area contributed by atoms with Gasteiger partial charge >= 0.3 is 11.9 Å². The first-order chi connectivity index (χ1) is 17.9. The van der Waals surface area contributed by atoms with Crippen molar-refractivity contribution in [1.82, 2.24) is 0 Å². The van der Waals surface area contributed by atoms with E-state index in [0.29, 0.717) is 25.2 Å². The predicted octanol–water partition coefficient (Wildman–Crippen LogP) is 9.82. The third-order valence-electron chi connectivity index (χ3n) is 7.98. The maximum absolute atomic E-state index is 13.1. The molecule has 0 heterocycles. The molecule has 0 aliphatic heterocycles. The SMILES string of the molecule is CCCCCCCCCCCCCCCCCCOC(=O)C(CC)(CC)C(=O)Oc1cccc(C)c1C. The smallest absolute Gasteiger partial charge is 0.328 e. The Hall–Kier alpha value is -1.84. The first kappa shape index (κ1) is 33.2. The summed E-state index contributed by atoms with van der Waals surface area (Å²) in [6.45, 7) is 10.2. The van der Waals surface area contributed by atoms with Gasteiger partial charge in [0.05, 0.1) is 6.61 Å². The largest absolute Gasteiger partial charge is 0.465 e. The molecule has 1 aromatic carbocycles. The topological polar surface area (TPSA) is 52.6 Å². The van der Waals surface area contributed by atoms with Crippen LogP contribution in [0.1, 0.15) is 147 Å². The number of rotatable bonds is 22. The summed E-state index contributed by atoms with van der Waals surface area (Å²) in [5, 5.41) is 0. The van der Waals surface area contributed by atoms with Gasteiger partial charge in [-0.05, 0) is 50.3 Å². The number of esters is 2. The maximum atomic E-state index is 13.1. The van der Waals surface area contributed by atoms with E-state index < -0.39 is 17.4 Å². The zero-order chi connectivity index (χ0) is 27.4. The standard InChI is InChI=1S/C33H56O4/c1-6-9-10-11-12-13-14-15-16-17-18-19-20-21-22-23-27-36-31(34)33(7-2,8-3)32(35)37-30-26-24-25-28(4)29(30)5/h24-26H,6-23,27H2,1-5H3. The summed E-state index contributed by atoms with van der Waals surface area (Å²) in [5.74, 6) is -0.446. The normalized spacial score (nSPS) is 11.5. The molecule has 0 aliphatic carbocycles. The van der Waals surface area contributed by atoms with Gasteiger partial charge in [0, 0.05) is 0 Å². The zero-order valence-corrected chi connectivity index (χ0v) is 24.8. The van der Waals surface area contributed by atoms with Gasteiger partial charge in [-0.1, -0.05) is 129 Å². The molecule has 4 heteroatoms. The molecule has 0 radical (unpaired) electrons. The molecular weight excluding hydrogens is 460 g/mol. The highest BCUT2D eigenvalue weighted by Gasteiger charge is 2.46. The third-order valence-corrected chi connectivity index (χ3v) is 7.98. The average Bonchev–Trinajstić information content (AvgIpc) is 2.89. The summed E-state index contributed by atoms with van der Waals surface area (Å²) in [7, 11) is 0. The van der Waals surface area contributed by atoms with E-state index >= 15 is 0 Å². The maximum Gasteiger partial charge on any atom is 0.328 e. The van der Waals surface area contributed by atoms with E-state index in [1.807, 2.05) is 39.8 Å². The second-order valence-electron chi connectivity index (χ2n) is 10.8. The number of carbonyl (C=O) groups excluding carboxylic acids is 2. The summed E-state index contributed by atoms with van der Waals surface area (Å²) in [5.41, 5.74) is 0.721. The molecule has 37 heavy (non-hydrogen) atoms. The van der Waals surface area contributed by atoms with E-state index in [4.69, 9.17) is 9.47 Å². The molecule has 1 rings (SSSR count). The van der Waals surface area contributed by atoms with Crippen molar-refractivity contribution in [1.29, 1.82) is 0 Å². The monoisotopic (exact) mass is 516 g/mol. The Labute approximate surface area is 228 Å². The second-order valence-corrected chi connectivity index (χ2v) is 10.8. The summed E-state index contributed by atoms with van der Waals surface area (Å²) in [6.07, 6.45) is 21.7. The highest BCUT2D eigenvalue weighted by molar-refractivity contribution is 6.00. The van der Waals surface area contributed by atoms with Gasteiger partial charge in [0.1, 0.15) is 5.75 Å². The minimum absolute atomic E-state index is 0.366. The van der Waals surface area contributed by atoms with Gasteiger partial charge < -0.3 is 9.47 Å². The van der Waals surface area contributed by atoms with E-state index in [9.17, 15) is 9.59 Å². The highest BCUT2D eigenvalue weighted by atomic mass is 16.6. The fourth-order valence-electron chi connectivity index (χ4n) is 4.90. The van der Waals surface area contributed by atoms with Crippen LogP contribution >= 0.6 is 0 Å². The van der Waals surface area contributed by atoms with Crippen molar-refractivity contribution >= 4 is 11.9 Å². The van der Waals surface area contributed by atoms with Crippen LogP contribution in [-0.2, 0) is 14.3 Å². The van der Waals surface area contributed by atoms with Gasteiger partial charge in [-0.15, -0.1) is 0 Å². The summed E-state index contributed by atoms with van der Waals surface area (Å²) in [4.78, 5) is 26.0. The molecule has 0 fully saturated rings. The number of unbranched alkanes of at least 4 members (excludes halogenated alkanes) is 15. The predicted molar refractivity (Wildman–Crippen MR) is 155 cm³/mol. The molecule has 0 aromatic heterocycles. The fraction of sp³-hybridized carbons (Fsp3) is 0.758. The number of ether oxygens (including phenoxy) is 2. The van der Waals surface area contributed by atoms with E-state index in [1.54, 1.807) is 6.07 Å². The van der Waals surface area contributed by atoms with Crippen molar-refractivity contribution in [3.05, 3.63) is 29.3 Å².